The van der Waals surface area contributed by atoms with E-state index < -0.39 is 6.10 Å². The zero-order valence-electron chi connectivity index (χ0n) is 14.3. The first-order valence-electron chi connectivity index (χ1n) is 7.93. The first-order chi connectivity index (χ1) is 11.9. The fraction of sp³-hybridized carbons (Fsp3) is 0.353. The molecule has 0 saturated carbocycles. The number of aryl methyl sites for hydroxylation is 2. The van der Waals surface area contributed by atoms with Crippen LogP contribution in [0, 0.1) is 6.92 Å². The molecule has 3 heterocycles. The Labute approximate surface area is 149 Å². The van der Waals surface area contributed by atoms with Crippen molar-refractivity contribution in [3.8, 4) is 10.6 Å². The second kappa shape index (κ2) is 7.20. The monoisotopic (exact) mass is 360 g/mol. The largest absolute Gasteiger partial charge is 0.467 e. The van der Waals surface area contributed by atoms with Crippen LogP contribution in [0.5, 0.6) is 0 Å². The fourth-order valence-corrected chi connectivity index (χ4v) is 3.49. The molecular weight excluding hydrogens is 340 g/mol. The average molecular weight is 360 g/mol. The van der Waals surface area contributed by atoms with Gasteiger partial charge in [0.15, 0.2) is 0 Å². The Morgan fingerprint density at radius 1 is 1.52 bits per heavy atom. The van der Waals surface area contributed by atoms with Gasteiger partial charge >= 0.3 is 0 Å². The zero-order chi connectivity index (χ0) is 18.0. The van der Waals surface area contributed by atoms with Gasteiger partial charge in [0, 0.05) is 31.3 Å². The molecule has 3 aromatic rings. The third kappa shape index (κ3) is 3.97. The van der Waals surface area contributed by atoms with Crippen molar-refractivity contribution >= 4 is 17.2 Å². The van der Waals surface area contributed by atoms with Crippen molar-refractivity contribution in [3.05, 3.63) is 47.1 Å². The van der Waals surface area contributed by atoms with Gasteiger partial charge in [0.2, 0.25) is 0 Å². The Morgan fingerprint density at radius 3 is 2.96 bits per heavy atom. The van der Waals surface area contributed by atoms with Crippen molar-refractivity contribution in [3.63, 3.8) is 0 Å². The lowest BCUT2D eigenvalue weighted by atomic mass is 10.1. The number of thiazole rings is 1. The van der Waals surface area contributed by atoms with Crippen LogP contribution >= 0.6 is 11.3 Å². The molecule has 0 aliphatic heterocycles. The first-order valence-corrected chi connectivity index (χ1v) is 8.74. The molecule has 132 valence electrons. The van der Waals surface area contributed by atoms with Gasteiger partial charge in [0.1, 0.15) is 21.7 Å². The highest BCUT2D eigenvalue weighted by Crippen LogP contribution is 2.27. The lowest BCUT2D eigenvalue weighted by Crippen LogP contribution is -2.33. The number of aliphatic hydroxyl groups excluding tert-OH is 1. The summed E-state index contributed by atoms with van der Waals surface area (Å²) in [4.78, 5) is 17.6. The maximum atomic E-state index is 12.5. The minimum absolute atomic E-state index is 0.190. The van der Waals surface area contributed by atoms with E-state index in [0.717, 1.165) is 10.6 Å². The van der Waals surface area contributed by atoms with Crippen molar-refractivity contribution < 1.29 is 14.3 Å². The fourth-order valence-electron chi connectivity index (χ4n) is 2.54. The van der Waals surface area contributed by atoms with E-state index in [-0.39, 0.29) is 11.9 Å². The Balaban J connectivity index is 1.66. The van der Waals surface area contributed by atoms with Gasteiger partial charge in [0.05, 0.1) is 18.2 Å². The zero-order valence-corrected chi connectivity index (χ0v) is 15.1. The van der Waals surface area contributed by atoms with Crippen LogP contribution in [-0.4, -0.2) is 31.8 Å². The summed E-state index contributed by atoms with van der Waals surface area (Å²) in [5, 5.41) is 17.9. The number of aliphatic hydroxyl groups is 1. The second-order valence-electron chi connectivity index (χ2n) is 5.98. The summed E-state index contributed by atoms with van der Waals surface area (Å²) < 4.78 is 6.88. The van der Waals surface area contributed by atoms with E-state index in [4.69, 9.17) is 4.42 Å². The molecule has 8 heteroatoms. The second-order valence-corrected chi connectivity index (χ2v) is 6.98. The van der Waals surface area contributed by atoms with Crippen LogP contribution in [0.25, 0.3) is 10.6 Å². The molecule has 3 rings (SSSR count). The van der Waals surface area contributed by atoms with E-state index in [1.165, 1.54) is 17.6 Å². The Bertz CT molecular complexity index is 853. The number of carbonyl (C=O) groups excluding carboxylic acids is 1. The van der Waals surface area contributed by atoms with Gasteiger partial charge in [-0.05, 0) is 26.0 Å². The predicted molar refractivity (Wildman–Crippen MR) is 94.3 cm³/mol. The van der Waals surface area contributed by atoms with Gasteiger partial charge in [-0.15, -0.1) is 11.3 Å². The van der Waals surface area contributed by atoms with Crippen LogP contribution in [0.15, 0.2) is 35.2 Å². The number of aromatic nitrogens is 3. The molecule has 0 fully saturated rings. The predicted octanol–water partition coefficient (Wildman–Crippen LogP) is 2.69. The molecule has 7 nitrogen and oxygen atoms in total. The minimum Gasteiger partial charge on any atom is -0.467 e. The topological polar surface area (TPSA) is 93.2 Å². The lowest BCUT2D eigenvalue weighted by molar-refractivity contribution is 0.0906. The van der Waals surface area contributed by atoms with Crippen molar-refractivity contribution in [2.45, 2.75) is 32.4 Å². The van der Waals surface area contributed by atoms with Crippen LogP contribution in [-0.2, 0) is 7.05 Å². The number of nitrogens with zero attached hydrogens (tertiary/aromatic N) is 3. The molecule has 2 N–H and O–H groups in total. The first kappa shape index (κ1) is 17.4. The van der Waals surface area contributed by atoms with E-state index >= 15 is 0 Å². The summed E-state index contributed by atoms with van der Waals surface area (Å²) >= 11 is 1.34. The van der Waals surface area contributed by atoms with Gasteiger partial charge in [-0.1, -0.05) is 0 Å². The highest BCUT2D eigenvalue weighted by molar-refractivity contribution is 7.17. The highest BCUT2D eigenvalue weighted by atomic mass is 32.1. The SMILES string of the molecule is Cc1nc(-c2cnn(C)c2)sc1C(=O)N[C@@H](C)C[C@H](O)c1ccco1. The number of hydrogen-bond acceptors (Lipinski definition) is 6. The smallest absolute Gasteiger partial charge is 0.263 e. The van der Waals surface area contributed by atoms with E-state index in [0.29, 0.717) is 22.8 Å². The van der Waals surface area contributed by atoms with Gasteiger partial charge in [0.25, 0.3) is 5.91 Å². The van der Waals surface area contributed by atoms with E-state index in [9.17, 15) is 9.90 Å². The molecule has 2 atom stereocenters. The molecule has 25 heavy (non-hydrogen) atoms. The number of furan rings is 1. The molecule has 1 amide bonds. The lowest BCUT2D eigenvalue weighted by Gasteiger charge is -2.16. The average Bonchev–Trinajstić information content (AvgIpc) is 3.27. The van der Waals surface area contributed by atoms with Crippen molar-refractivity contribution in [2.24, 2.45) is 7.05 Å². The quantitative estimate of drug-likeness (QED) is 0.705. The standard InChI is InChI=1S/C17H20N4O3S/c1-10(7-13(22)14-5-4-6-24-14)19-16(23)15-11(2)20-17(25-15)12-8-18-21(3)9-12/h4-6,8-10,13,22H,7H2,1-3H3,(H,19,23)/t10-,13-/m0/s1. The maximum absolute atomic E-state index is 12.5. The molecule has 0 unspecified atom stereocenters. The van der Waals surface area contributed by atoms with Crippen LogP contribution < -0.4 is 5.32 Å². The van der Waals surface area contributed by atoms with E-state index in [2.05, 4.69) is 15.4 Å². The molecule has 0 aliphatic rings. The number of hydrogen-bond donors (Lipinski definition) is 2. The van der Waals surface area contributed by atoms with Crippen molar-refractivity contribution in [2.75, 3.05) is 0 Å². The van der Waals surface area contributed by atoms with Crippen LogP contribution in [0.4, 0.5) is 0 Å². The molecule has 0 aliphatic carbocycles. The number of nitrogens with one attached hydrogen (secondary N) is 1. The van der Waals surface area contributed by atoms with Gasteiger partial charge < -0.3 is 14.8 Å². The van der Waals surface area contributed by atoms with Crippen LogP contribution in [0.3, 0.4) is 0 Å². The molecular formula is C17H20N4O3S. The Morgan fingerprint density at radius 2 is 2.32 bits per heavy atom. The molecule has 0 radical (unpaired) electrons. The summed E-state index contributed by atoms with van der Waals surface area (Å²) in [6, 6.07) is 3.23. The molecule has 0 bridgehead atoms. The van der Waals surface area contributed by atoms with Crippen molar-refractivity contribution in [1.29, 1.82) is 0 Å². The van der Waals surface area contributed by atoms with Gasteiger partial charge in [-0.2, -0.15) is 5.10 Å². The Hall–Kier alpha value is -2.45. The number of carbonyl (C=O) groups is 1. The Kier molecular flexibility index (Phi) is 5.00. The van der Waals surface area contributed by atoms with E-state index in [1.54, 1.807) is 23.0 Å². The summed E-state index contributed by atoms with van der Waals surface area (Å²) in [5.74, 6) is 0.304. The maximum Gasteiger partial charge on any atom is 0.263 e. The molecule has 0 spiro atoms. The number of rotatable bonds is 6. The van der Waals surface area contributed by atoms with Crippen molar-refractivity contribution in [1.82, 2.24) is 20.1 Å². The minimum atomic E-state index is -0.751. The molecule has 3 aromatic heterocycles. The van der Waals surface area contributed by atoms with Gasteiger partial charge in [-0.25, -0.2) is 4.98 Å². The van der Waals surface area contributed by atoms with Crippen LogP contribution in [0.2, 0.25) is 0 Å². The number of amides is 1. The summed E-state index contributed by atoms with van der Waals surface area (Å²) in [7, 11) is 1.84. The van der Waals surface area contributed by atoms with E-state index in [1.807, 2.05) is 27.1 Å². The molecule has 0 saturated heterocycles. The summed E-state index contributed by atoms with van der Waals surface area (Å²) in [6.45, 7) is 3.66. The normalized spacial score (nSPS) is 13.6. The summed E-state index contributed by atoms with van der Waals surface area (Å²) in [6.07, 6.45) is 4.72. The third-order valence-corrected chi connectivity index (χ3v) is 4.99. The summed E-state index contributed by atoms with van der Waals surface area (Å²) in [5.41, 5.74) is 1.57. The van der Waals surface area contributed by atoms with Crippen LogP contribution in [0.1, 0.15) is 40.6 Å². The highest BCUT2D eigenvalue weighted by Gasteiger charge is 2.21. The van der Waals surface area contributed by atoms with Gasteiger partial charge in [-0.3, -0.25) is 9.48 Å². The molecule has 0 aromatic carbocycles. The third-order valence-electron chi connectivity index (χ3n) is 3.78.